The van der Waals surface area contributed by atoms with Crippen molar-refractivity contribution in [3.8, 4) is 0 Å². The Labute approximate surface area is 179 Å². The van der Waals surface area contributed by atoms with Crippen LogP contribution in [0.2, 0.25) is 0 Å². The maximum Gasteiger partial charge on any atom is 0.293 e. The summed E-state index contributed by atoms with van der Waals surface area (Å²) < 4.78 is 19.1. The molecule has 0 saturated carbocycles. The number of carbonyl (C=O) groups excluding carboxylic acids is 1. The number of morpholine rings is 1. The van der Waals surface area contributed by atoms with Gasteiger partial charge in [0.25, 0.3) is 11.6 Å². The second-order valence-corrected chi connectivity index (χ2v) is 7.75. The van der Waals surface area contributed by atoms with Gasteiger partial charge in [0.05, 0.1) is 23.8 Å². The first kappa shape index (κ1) is 21.0. The van der Waals surface area contributed by atoms with E-state index in [0.29, 0.717) is 56.3 Å². The fourth-order valence-electron chi connectivity index (χ4n) is 4.08. The number of benzene rings is 2. The van der Waals surface area contributed by atoms with Crippen LogP contribution in [-0.4, -0.2) is 61.2 Å². The Morgan fingerprint density at radius 1 is 1.10 bits per heavy atom. The van der Waals surface area contributed by atoms with Gasteiger partial charge >= 0.3 is 0 Å². The van der Waals surface area contributed by atoms with Crippen LogP contribution in [-0.2, 0) is 4.74 Å². The molecule has 9 heteroatoms. The summed E-state index contributed by atoms with van der Waals surface area (Å²) in [6, 6.07) is 11.3. The molecule has 31 heavy (non-hydrogen) atoms. The van der Waals surface area contributed by atoms with E-state index in [0.717, 1.165) is 12.8 Å². The minimum Gasteiger partial charge on any atom is -0.380 e. The predicted molar refractivity (Wildman–Crippen MR) is 115 cm³/mol. The molecule has 2 aliphatic rings. The molecule has 2 aliphatic heterocycles. The van der Waals surface area contributed by atoms with Gasteiger partial charge in [0.15, 0.2) is 0 Å². The van der Waals surface area contributed by atoms with Gasteiger partial charge in [-0.15, -0.1) is 0 Å². The fourth-order valence-corrected chi connectivity index (χ4v) is 4.08. The Balaban J connectivity index is 1.45. The molecular weight excluding hydrogens is 403 g/mol. The molecule has 2 fully saturated rings. The van der Waals surface area contributed by atoms with E-state index >= 15 is 0 Å². The second-order valence-electron chi connectivity index (χ2n) is 7.75. The number of nitro groups is 1. The zero-order valence-corrected chi connectivity index (χ0v) is 17.1. The summed E-state index contributed by atoms with van der Waals surface area (Å²) in [6.07, 6.45) is 1.44. The summed E-state index contributed by atoms with van der Waals surface area (Å²) in [5.41, 5.74) is 1.22. The quantitative estimate of drug-likeness (QED) is 0.581. The first-order valence-electron chi connectivity index (χ1n) is 10.4. The highest BCUT2D eigenvalue weighted by molar-refractivity contribution is 5.96. The van der Waals surface area contributed by atoms with Crippen molar-refractivity contribution in [2.45, 2.75) is 18.9 Å². The molecule has 0 spiro atoms. The van der Waals surface area contributed by atoms with Crippen molar-refractivity contribution in [1.82, 2.24) is 4.90 Å². The van der Waals surface area contributed by atoms with Crippen LogP contribution in [0.3, 0.4) is 0 Å². The van der Waals surface area contributed by atoms with Gasteiger partial charge in [0.1, 0.15) is 11.5 Å². The van der Waals surface area contributed by atoms with Crippen LogP contribution in [0.1, 0.15) is 23.2 Å². The summed E-state index contributed by atoms with van der Waals surface area (Å²) in [5.74, 6) is -0.508. The molecule has 0 atom stereocenters. The normalized spacial score (nSPS) is 17.5. The molecule has 0 radical (unpaired) electrons. The molecule has 0 aromatic heterocycles. The minimum absolute atomic E-state index is 0.0698. The monoisotopic (exact) mass is 428 g/mol. The van der Waals surface area contributed by atoms with Crippen molar-refractivity contribution in [2.24, 2.45) is 0 Å². The molecule has 1 N–H and O–H groups in total. The lowest BCUT2D eigenvalue weighted by atomic mass is 10.0. The number of nitro benzene ring substituents is 1. The number of halogens is 1. The number of anilines is 2. The van der Waals surface area contributed by atoms with Crippen molar-refractivity contribution in [3.63, 3.8) is 0 Å². The van der Waals surface area contributed by atoms with Crippen molar-refractivity contribution >= 4 is 23.0 Å². The lowest BCUT2D eigenvalue weighted by molar-refractivity contribution is -0.384. The molecule has 2 heterocycles. The summed E-state index contributed by atoms with van der Waals surface area (Å²) >= 11 is 0. The number of piperidine rings is 1. The summed E-state index contributed by atoms with van der Waals surface area (Å²) in [5, 5.41) is 15.0. The number of carbonyl (C=O) groups is 1. The molecule has 2 aromatic carbocycles. The number of ether oxygens (including phenoxy) is 1. The number of nitrogens with zero attached hydrogens (tertiary/aromatic N) is 3. The summed E-state index contributed by atoms with van der Waals surface area (Å²) in [7, 11) is 0. The molecule has 8 nitrogen and oxygen atoms in total. The smallest absolute Gasteiger partial charge is 0.293 e. The van der Waals surface area contributed by atoms with Gasteiger partial charge in [0.2, 0.25) is 0 Å². The van der Waals surface area contributed by atoms with E-state index in [1.54, 1.807) is 35.2 Å². The fraction of sp³-hybridized carbons (Fsp3) is 0.409. The van der Waals surface area contributed by atoms with Crippen LogP contribution in [0.4, 0.5) is 21.5 Å². The minimum atomic E-state index is -0.435. The van der Waals surface area contributed by atoms with Crippen molar-refractivity contribution in [3.05, 3.63) is 64.0 Å². The highest BCUT2D eigenvalue weighted by Crippen LogP contribution is 2.32. The topological polar surface area (TPSA) is 88.0 Å². The van der Waals surface area contributed by atoms with Crippen LogP contribution in [0.25, 0.3) is 0 Å². The summed E-state index contributed by atoms with van der Waals surface area (Å²) in [6.45, 7) is 3.12. The zero-order chi connectivity index (χ0) is 21.8. The molecule has 4 rings (SSSR count). The summed E-state index contributed by atoms with van der Waals surface area (Å²) in [4.78, 5) is 27.6. The van der Waals surface area contributed by atoms with Gasteiger partial charge in [0, 0.05) is 43.9 Å². The van der Waals surface area contributed by atoms with Gasteiger partial charge in [-0.1, -0.05) is 12.1 Å². The zero-order valence-electron chi connectivity index (χ0n) is 17.1. The van der Waals surface area contributed by atoms with E-state index in [4.69, 9.17) is 4.74 Å². The van der Waals surface area contributed by atoms with Gasteiger partial charge in [-0.3, -0.25) is 14.9 Å². The first-order valence-corrected chi connectivity index (χ1v) is 10.4. The highest BCUT2D eigenvalue weighted by Gasteiger charge is 2.27. The van der Waals surface area contributed by atoms with Crippen LogP contribution >= 0.6 is 0 Å². The van der Waals surface area contributed by atoms with E-state index in [1.165, 1.54) is 12.1 Å². The predicted octanol–water partition coefficient (Wildman–Crippen LogP) is 3.29. The Morgan fingerprint density at radius 3 is 2.48 bits per heavy atom. The molecule has 1 amide bonds. The van der Waals surface area contributed by atoms with Gasteiger partial charge < -0.3 is 19.9 Å². The first-order chi connectivity index (χ1) is 15.0. The number of hydrogen-bond acceptors (Lipinski definition) is 6. The molecule has 0 unspecified atom stereocenters. The largest absolute Gasteiger partial charge is 0.380 e. The average molecular weight is 428 g/mol. The maximum atomic E-state index is 13.9. The number of amides is 1. The van der Waals surface area contributed by atoms with Crippen molar-refractivity contribution < 1.29 is 18.8 Å². The van der Waals surface area contributed by atoms with Crippen LogP contribution < -0.4 is 10.2 Å². The van der Waals surface area contributed by atoms with E-state index < -0.39 is 4.92 Å². The Kier molecular flexibility index (Phi) is 6.31. The average Bonchev–Trinajstić information content (AvgIpc) is 2.81. The second kappa shape index (κ2) is 9.30. The lowest BCUT2D eigenvalue weighted by Crippen LogP contribution is -2.41. The molecule has 2 saturated heterocycles. The van der Waals surface area contributed by atoms with Gasteiger partial charge in [-0.2, -0.15) is 0 Å². The molecule has 0 aliphatic carbocycles. The molecule has 0 bridgehead atoms. The van der Waals surface area contributed by atoms with Crippen molar-refractivity contribution in [2.75, 3.05) is 49.6 Å². The number of para-hydroxylation sites is 1. The third-order valence-electron chi connectivity index (χ3n) is 5.79. The lowest BCUT2D eigenvalue weighted by Gasteiger charge is -2.34. The Bertz CT molecular complexity index is 956. The van der Waals surface area contributed by atoms with Gasteiger partial charge in [-0.25, -0.2) is 4.39 Å². The molecular formula is C22H25FN4O4. The van der Waals surface area contributed by atoms with Crippen molar-refractivity contribution in [1.29, 1.82) is 0 Å². The SMILES string of the molecule is O=C(c1ccc(N2CCC(Nc3ccccc3F)CC2)c([N+](=O)[O-])c1)N1CCOCC1. The number of nitrogens with one attached hydrogen (secondary N) is 1. The molecule has 164 valence electrons. The van der Waals surface area contributed by atoms with Gasteiger partial charge in [-0.05, 0) is 37.1 Å². The van der Waals surface area contributed by atoms with E-state index in [2.05, 4.69) is 5.32 Å². The Morgan fingerprint density at radius 2 is 1.81 bits per heavy atom. The van der Waals surface area contributed by atoms with Crippen LogP contribution in [0.15, 0.2) is 42.5 Å². The van der Waals surface area contributed by atoms with E-state index in [1.807, 2.05) is 4.90 Å². The third kappa shape index (κ3) is 4.77. The van der Waals surface area contributed by atoms with E-state index in [9.17, 15) is 19.3 Å². The number of rotatable bonds is 5. The third-order valence-corrected chi connectivity index (χ3v) is 5.79. The molecule has 2 aromatic rings. The van der Waals surface area contributed by atoms with Crippen LogP contribution in [0, 0.1) is 15.9 Å². The highest BCUT2D eigenvalue weighted by atomic mass is 19.1. The number of hydrogen-bond donors (Lipinski definition) is 1. The standard InChI is InChI=1S/C22H25FN4O4/c23-18-3-1-2-4-19(18)24-17-7-9-25(10-8-17)20-6-5-16(15-21(20)27(29)30)22(28)26-11-13-31-14-12-26/h1-6,15,17,24H,7-14H2. The Hall–Kier alpha value is -3.20. The van der Waals surface area contributed by atoms with Crippen LogP contribution in [0.5, 0.6) is 0 Å². The maximum absolute atomic E-state index is 13.9. The van der Waals surface area contributed by atoms with E-state index in [-0.39, 0.29) is 23.5 Å².